The predicted molar refractivity (Wildman–Crippen MR) is 115 cm³/mol. The molecule has 0 saturated carbocycles. The Morgan fingerprint density at radius 1 is 0.848 bits per heavy atom. The number of nitrogens with one attached hydrogen (secondary N) is 1. The second-order valence-electron chi connectivity index (χ2n) is 7.72. The van der Waals surface area contributed by atoms with Crippen molar-refractivity contribution in [2.75, 3.05) is 5.32 Å². The lowest BCUT2D eigenvalue weighted by Crippen LogP contribution is -2.38. The van der Waals surface area contributed by atoms with Crippen LogP contribution in [0.2, 0.25) is 0 Å². The number of hydrogen-bond donors (Lipinski definition) is 1. The van der Waals surface area contributed by atoms with E-state index in [2.05, 4.69) is 5.32 Å². The highest BCUT2D eigenvalue weighted by atomic mass is 19.1. The first-order valence-corrected chi connectivity index (χ1v) is 10.1. The Hall–Kier alpha value is -4.07. The van der Waals surface area contributed by atoms with Crippen molar-refractivity contribution in [2.45, 2.75) is 12.6 Å². The Morgan fingerprint density at radius 2 is 1.61 bits per heavy atom. The fourth-order valence-electron chi connectivity index (χ4n) is 4.20. The first-order chi connectivity index (χ1) is 15.9. The highest BCUT2D eigenvalue weighted by molar-refractivity contribution is 5.90. The van der Waals surface area contributed by atoms with Gasteiger partial charge in [0.05, 0.1) is 24.0 Å². The van der Waals surface area contributed by atoms with Crippen LogP contribution in [0.3, 0.4) is 0 Å². The van der Waals surface area contributed by atoms with Crippen molar-refractivity contribution in [3.05, 3.63) is 119 Å². The zero-order chi connectivity index (χ0) is 23.1. The van der Waals surface area contributed by atoms with E-state index in [-0.39, 0.29) is 17.8 Å². The van der Waals surface area contributed by atoms with Crippen LogP contribution in [0, 0.1) is 23.3 Å². The van der Waals surface area contributed by atoms with Crippen molar-refractivity contribution < 1.29 is 22.4 Å². The molecule has 0 fully saturated rings. The zero-order valence-corrected chi connectivity index (χ0v) is 17.1. The van der Waals surface area contributed by atoms with Crippen molar-refractivity contribution in [1.29, 1.82) is 0 Å². The van der Waals surface area contributed by atoms with Crippen LogP contribution < -0.4 is 5.32 Å². The maximum absolute atomic E-state index is 14.2. The summed E-state index contributed by atoms with van der Waals surface area (Å²) < 4.78 is 58.1. The summed E-state index contributed by atoms with van der Waals surface area (Å²) in [7, 11) is 0. The number of anilines is 1. The van der Waals surface area contributed by atoms with Crippen LogP contribution in [0.15, 0.2) is 79.0 Å². The van der Waals surface area contributed by atoms with E-state index < -0.39 is 35.3 Å². The minimum absolute atomic E-state index is 0.0589. The summed E-state index contributed by atoms with van der Waals surface area (Å²) in [4.78, 5) is 14.8. The van der Waals surface area contributed by atoms with Crippen molar-refractivity contribution in [2.24, 2.45) is 0 Å². The Morgan fingerprint density at radius 3 is 2.39 bits per heavy atom. The Kier molecular flexibility index (Phi) is 5.12. The number of halogens is 4. The van der Waals surface area contributed by atoms with Crippen LogP contribution in [0.25, 0.3) is 5.69 Å². The highest BCUT2D eigenvalue weighted by Crippen LogP contribution is 2.37. The largest absolute Gasteiger partial charge is 0.323 e. The molecule has 3 aromatic carbocycles. The number of para-hydroxylation sites is 1. The summed E-state index contributed by atoms with van der Waals surface area (Å²) in [6, 6.07) is 15.0. The van der Waals surface area contributed by atoms with Crippen molar-refractivity contribution in [1.82, 2.24) is 9.47 Å². The van der Waals surface area contributed by atoms with Crippen LogP contribution in [-0.2, 0) is 6.54 Å². The molecule has 8 heteroatoms. The summed E-state index contributed by atoms with van der Waals surface area (Å²) in [5, 5.41) is 2.41. The first kappa shape index (κ1) is 20.8. The van der Waals surface area contributed by atoms with E-state index in [4.69, 9.17) is 0 Å². The lowest BCUT2D eigenvalue weighted by molar-refractivity contribution is 0.194. The predicted octanol–water partition coefficient (Wildman–Crippen LogP) is 6.17. The molecule has 0 radical (unpaired) electrons. The first-order valence-electron chi connectivity index (χ1n) is 10.1. The number of rotatable bonds is 2. The number of amides is 2. The molecule has 0 aliphatic carbocycles. The van der Waals surface area contributed by atoms with E-state index in [9.17, 15) is 22.4 Å². The number of hydrogen-bond acceptors (Lipinski definition) is 1. The SMILES string of the molecule is O=C(Nc1cc(F)ccc1F)N1Cc2ccccc2-n2cccc2[C@@H]1c1cc(F)cc(F)c1. The molecule has 1 atom stereocenters. The van der Waals surface area contributed by atoms with Crippen molar-refractivity contribution in [3.63, 3.8) is 0 Å². The van der Waals surface area contributed by atoms with E-state index in [1.165, 1.54) is 4.90 Å². The molecule has 4 aromatic rings. The van der Waals surface area contributed by atoms with Crippen LogP contribution in [0.1, 0.15) is 22.9 Å². The average molecular weight is 451 g/mol. The minimum Gasteiger partial charge on any atom is -0.318 e. The van der Waals surface area contributed by atoms with Crippen LogP contribution in [-0.4, -0.2) is 15.5 Å². The molecular formula is C25H17F4N3O. The van der Waals surface area contributed by atoms with Gasteiger partial charge in [-0.05, 0) is 53.6 Å². The monoisotopic (exact) mass is 451 g/mol. The summed E-state index contributed by atoms with van der Waals surface area (Å²) in [6.45, 7) is 0.0589. The van der Waals surface area contributed by atoms with Gasteiger partial charge in [0.15, 0.2) is 0 Å². The number of fused-ring (bicyclic) bond motifs is 3. The maximum Gasteiger partial charge on any atom is 0.323 e. The molecule has 2 amide bonds. The lowest BCUT2D eigenvalue weighted by atomic mass is 10.0. The zero-order valence-electron chi connectivity index (χ0n) is 17.1. The maximum atomic E-state index is 14.2. The van der Waals surface area contributed by atoms with E-state index in [0.717, 1.165) is 47.6 Å². The van der Waals surface area contributed by atoms with Gasteiger partial charge >= 0.3 is 6.03 Å². The average Bonchev–Trinajstić information content (AvgIpc) is 3.19. The van der Waals surface area contributed by atoms with E-state index in [1.807, 2.05) is 28.8 Å². The summed E-state index contributed by atoms with van der Waals surface area (Å²) in [5.41, 5.74) is 2.02. The lowest BCUT2D eigenvalue weighted by Gasteiger charge is -2.31. The molecule has 33 heavy (non-hydrogen) atoms. The standard InChI is InChI=1S/C25H17F4N3O/c26-17-7-8-20(29)21(13-17)30-25(33)32-14-15-4-1-2-5-22(15)31-9-3-6-23(31)24(32)16-10-18(27)12-19(28)11-16/h1-13,24H,14H2,(H,30,33)/t24-/m0/s1. The Balaban J connectivity index is 1.66. The molecule has 0 unspecified atom stereocenters. The number of urea groups is 1. The molecule has 4 nitrogen and oxygen atoms in total. The number of carbonyl (C=O) groups excluding carboxylic acids is 1. The van der Waals surface area contributed by atoms with E-state index in [1.54, 1.807) is 18.3 Å². The molecule has 166 valence electrons. The van der Waals surface area contributed by atoms with Gasteiger partial charge in [0.2, 0.25) is 0 Å². The molecule has 1 aliphatic rings. The van der Waals surface area contributed by atoms with Gasteiger partial charge in [-0.2, -0.15) is 0 Å². The molecule has 0 bridgehead atoms. The second-order valence-corrected chi connectivity index (χ2v) is 7.72. The molecule has 0 spiro atoms. The van der Waals surface area contributed by atoms with E-state index in [0.29, 0.717) is 5.69 Å². The third-order valence-corrected chi connectivity index (χ3v) is 5.60. The van der Waals surface area contributed by atoms with Gasteiger partial charge in [-0.15, -0.1) is 0 Å². The van der Waals surface area contributed by atoms with Crippen LogP contribution in [0.5, 0.6) is 0 Å². The molecule has 0 saturated heterocycles. The third kappa shape index (κ3) is 3.84. The minimum atomic E-state index is -0.908. The van der Waals surface area contributed by atoms with Gasteiger partial charge in [-0.3, -0.25) is 0 Å². The molecule has 2 heterocycles. The van der Waals surface area contributed by atoms with Crippen LogP contribution in [0.4, 0.5) is 28.0 Å². The van der Waals surface area contributed by atoms with E-state index >= 15 is 0 Å². The summed E-state index contributed by atoms with van der Waals surface area (Å²) in [6.07, 6.45) is 1.80. The normalized spacial score (nSPS) is 14.9. The smallest absolute Gasteiger partial charge is 0.318 e. The molecular weight excluding hydrogens is 434 g/mol. The fraction of sp³-hybridized carbons (Fsp3) is 0.0800. The van der Waals surface area contributed by atoms with Crippen molar-refractivity contribution in [3.8, 4) is 5.69 Å². The third-order valence-electron chi connectivity index (χ3n) is 5.60. The van der Waals surface area contributed by atoms with Crippen LogP contribution >= 0.6 is 0 Å². The quantitative estimate of drug-likeness (QED) is 0.364. The molecule has 1 aromatic heterocycles. The highest BCUT2D eigenvalue weighted by Gasteiger charge is 2.33. The summed E-state index contributed by atoms with van der Waals surface area (Å²) in [5.74, 6) is -3.11. The molecule has 5 rings (SSSR count). The Labute approximate surface area is 186 Å². The number of aromatic nitrogens is 1. The van der Waals surface area contributed by atoms with Gasteiger partial charge in [-0.25, -0.2) is 22.4 Å². The Bertz CT molecular complexity index is 1350. The number of carbonyl (C=O) groups is 1. The topological polar surface area (TPSA) is 37.3 Å². The van der Waals surface area contributed by atoms with Gasteiger partial charge in [-0.1, -0.05) is 18.2 Å². The van der Waals surface area contributed by atoms with Gasteiger partial charge in [0.25, 0.3) is 0 Å². The van der Waals surface area contributed by atoms with Gasteiger partial charge in [0.1, 0.15) is 23.3 Å². The van der Waals surface area contributed by atoms with Gasteiger partial charge in [0, 0.05) is 24.0 Å². The fourth-order valence-corrected chi connectivity index (χ4v) is 4.20. The number of nitrogens with zero attached hydrogens (tertiary/aromatic N) is 2. The molecule has 1 N–H and O–H groups in total. The van der Waals surface area contributed by atoms with Gasteiger partial charge < -0.3 is 14.8 Å². The second kappa shape index (κ2) is 8.12. The van der Waals surface area contributed by atoms with Crippen molar-refractivity contribution >= 4 is 11.7 Å². The molecule has 1 aliphatic heterocycles. The summed E-state index contributed by atoms with van der Waals surface area (Å²) >= 11 is 0. The number of benzene rings is 3.